The third kappa shape index (κ3) is 2.64. The van der Waals surface area contributed by atoms with E-state index in [2.05, 4.69) is 14.4 Å². The summed E-state index contributed by atoms with van der Waals surface area (Å²) < 4.78 is 31.1. The van der Waals surface area contributed by atoms with E-state index >= 15 is 0 Å². The van der Waals surface area contributed by atoms with E-state index in [0.717, 1.165) is 29.7 Å². The Labute approximate surface area is 135 Å². The molecule has 1 heterocycles. The van der Waals surface area contributed by atoms with Crippen LogP contribution in [0.5, 0.6) is 0 Å². The number of para-hydroxylation sites is 1. The maximum atomic E-state index is 12.3. The molecule has 5 nitrogen and oxygen atoms in total. The molecule has 2 aliphatic rings. The summed E-state index contributed by atoms with van der Waals surface area (Å²) in [5.74, 6) is 0.541. The summed E-state index contributed by atoms with van der Waals surface area (Å²) in [5.41, 5.74) is 2.79. The number of rotatable bonds is 4. The molecular formula is C17H17N3O2S. The predicted molar refractivity (Wildman–Crippen MR) is 90.6 cm³/mol. The van der Waals surface area contributed by atoms with Crippen LogP contribution < -0.4 is 10.0 Å². The SMILES string of the molecule is O=S(=O)(N=C1Nc2ccccc2C12CC2)NCc1ccccc1. The molecule has 23 heavy (non-hydrogen) atoms. The maximum Gasteiger partial charge on any atom is 0.321 e. The Morgan fingerprint density at radius 1 is 1.04 bits per heavy atom. The van der Waals surface area contributed by atoms with E-state index in [0.29, 0.717) is 5.84 Å². The van der Waals surface area contributed by atoms with E-state index in [1.807, 2.05) is 54.6 Å². The highest BCUT2D eigenvalue weighted by Crippen LogP contribution is 2.55. The van der Waals surface area contributed by atoms with Crippen molar-refractivity contribution in [3.05, 3.63) is 65.7 Å². The molecule has 0 radical (unpaired) electrons. The van der Waals surface area contributed by atoms with Gasteiger partial charge in [0.2, 0.25) is 0 Å². The summed E-state index contributed by atoms with van der Waals surface area (Å²) in [6.07, 6.45) is 1.87. The quantitative estimate of drug-likeness (QED) is 0.907. The molecule has 1 saturated carbocycles. The van der Waals surface area contributed by atoms with Gasteiger partial charge in [0.05, 0.1) is 5.41 Å². The van der Waals surface area contributed by atoms with E-state index in [9.17, 15) is 8.42 Å². The lowest BCUT2D eigenvalue weighted by Gasteiger charge is -2.09. The Morgan fingerprint density at radius 3 is 2.48 bits per heavy atom. The Bertz CT molecular complexity index is 872. The second kappa shape index (κ2) is 5.18. The molecule has 2 aromatic carbocycles. The van der Waals surface area contributed by atoms with Gasteiger partial charge in [0.25, 0.3) is 0 Å². The first-order chi connectivity index (χ1) is 11.1. The zero-order valence-corrected chi connectivity index (χ0v) is 13.3. The molecule has 2 N–H and O–H groups in total. The summed E-state index contributed by atoms with van der Waals surface area (Å²) in [5, 5.41) is 3.17. The van der Waals surface area contributed by atoms with E-state index in [-0.39, 0.29) is 12.0 Å². The Balaban J connectivity index is 1.56. The lowest BCUT2D eigenvalue weighted by atomic mass is 9.98. The molecule has 0 amide bonds. The highest BCUT2D eigenvalue weighted by atomic mass is 32.2. The summed E-state index contributed by atoms with van der Waals surface area (Å²) in [6.45, 7) is 0.236. The van der Waals surface area contributed by atoms with Gasteiger partial charge in [0.15, 0.2) is 0 Å². The number of nitrogens with one attached hydrogen (secondary N) is 2. The lowest BCUT2D eigenvalue weighted by molar-refractivity contribution is 0.583. The first kappa shape index (κ1) is 14.4. The summed E-state index contributed by atoms with van der Waals surface area (Å²) in [6, 6.07) is 17.3. The molecule has 1 aliphatic heterocycles. The second-order valence-corrected chi connectivity index (χ2v) is 7.40. The Hall–Kier alpha value is -2.18. The molecule has 2 aromatic rings. The molecule has 0 saturated heterocycles. The third-order valence-electron chi connectivity index (χ3n) is 4.41. The third-order valence-corrected chi connectivity index (χ3v) is 5.34. The smallest absolute Gasteiger partial charge is 0.321 e. The van der Waals surface area contributed by atoms with Gasteiger partial charge in [-0.3, -0.25) is 0 Å². The van der Waals surface area contributed by atoms with Crippen molar-refractivity contribution in [3.63, 3.8) is 0 Å². The maximum absolute atomic E-state index is 12.3. The highest BCUT2D eigenvalue weighted by molar-refractivity contribution is 7.88. The monoisotopic (exact) mass is 327 g/mol. The molecular weight excluding hydrogens is 310 g/mol. The van der Waals surface area contributed by atoms with Gasteiger partial charge in [-0.15, -0.1) is 4.40 Å². The van der Waals surface area contributed by atoms with Crippen LogP contribution in [0.4, 0.5) is 5.69 Å². The molecule has 0 bridgehead atoms. The van der Waals surface area contributed by atoms with Crippen LogP contribution in [0.3, 0.4) is 0 Å². The van der Waals surface area contributed by atoms with E-state index in [1.54, 1.807) is 0 Å². The number of anilines is 1. The average Bonchev–Trinajstić information content (AvgIpc) is 3.30. The molecule has 4 rings (SSSR count). The summed E-state index contributed by atoms with van der Waals surface area (Å²) in [7, 11) is -3.74. The van der Waals surface area contributed by atoms with E-state index in [1.165, 1.54) is 0 Å². The van der Waals surface area contributed by atoms with Gasteiger partial charge >= 0.3 is 10.2 Å². The number of nitrogens with zero attached hydrogens (tertiary/aromatic N) is 1. The molecule has 1 aliphatic carbocycles. The van der Waals surface area contributed by atoms with Gasteiger partial charge in [0, 0.05) is 12.2 Å². The number of fused-ring (bicyclic) bond motifs is 2. The topological polar surface area (TPSA) is 70.6 Å². The fourth-order valence-corrected chi connectivity index (χ4v) is 3.92. The largest absolute Gasteiger partial charge is 0.342 e. The van der Waals surface area contributed by atoms with Crippen LogP contribution in [0.2, 0.25) is 0 Å². The van der Waals surface area contributed by atoms with Crippen molar-refractivity contribution in [2.24, 2.45) is 4.40 Å². The van der Waals surface area contributed by atoms with Gasteiger partial charge in [0.1, 0.15) is 5.84 Å². The minimum atomic E-state index is -3.74. The first-order valence-corrected chi connectivity index (χ1v) is 9.04. The minimum Gasteiger partial charge on any atom is -0.342 e. The first-order valence-electron chi connectivity index (χ1n) is 7.60. The van der Waals surface area contributed by atoms with Crippen LogP contribution in [0.25, 0.3) is 0 Å². The fraction of sp³-hybridized carbons (Fsp3) is 0.235. The van der Waals surface area contributed by atoms with E-state index < -0.39 is 10.2 Å². The molecule has 6 heteroatoms. The number of hydrogen-bond donors (Lipinski definition) is 2. The molecule has 1 fully saturated rings. The van der Waals surface area contributed by atoms with E-state index in [4.69, 9.17) is 0 Å². The predicted octanol–water partition coefficient (Wildman–Crippen LogP) is 2.58. The van der Waals surface area contributed by atoms with Crippen molar-refractivity contribution in [1.82, 2.24) is 4.72 Å². The van der Waals surface area contributed by atoms with Crippen LogP contribution in [0.1, 0.15) is 24.0 Å². The van der Waals surface area contributed by atoms with Crippen molar-refractivity contribution >= 4 is 21.7 Å². The van der Waals surface area contributed by atoms with Crippen LogP contribution in [0, 0.1) is 0 Å². The van der Waals surface area contributed by atoms with Gasteiger partial charge in [-0.25, -0.2) is 0 Å². The Morgan fingerprint density at radius 2 is 1.74 bits per heavy atom. The van der Waals surface area contributed by atoms with Gasteiger partial charge in [-0.05, 0) is 30.0 Å². The van der Waals surface area contributed by atoms with Crippen LogP contribution in [-0.4, -0.2) is 14.3 Å². The zero-order valence-electron chi connectivity index (χ0n) is 12.5. The van der Waals surface area contributed by atoms with Gasteiger partial charge in [-0.2, -0.15) is 13.1 Å². The molecule has 1 spiro atoms. The number of hydrogen-bond acceptors (Lipinski definition) is 2. The summed E-state index contributed by atoms with van der Waals surface area (Å²) >= 11 is 0. The van der Waals surface area contributed by atoms with Crippen LogP contribution in [0.15, 0.2) is 59.0 Å². The molecule has 118 valence electrons. The number of benzene rings is 2. The zero-order chi connectivity index (χ0) is 15.9. The highest BCUT2D eigenvalue weighted by Gasteiger charge is 2.54. The van der Waals surface area contributed by atoms with Crippen molar-refractivity contribution < 1.29 is 8.42 Å². The van der Waals surface area contributed by atoms with Crippen LogP contribution in [-0.2, 0) is 22.2 Å². The van der Waals surface area contributed by atoms with Gasteiger partial charge in [-0.1, -0.05) is 48.5 Å². The average molecular weight is 327 g/mol. The second-order valence-electron chi connectivity index (χ2n) is 5.97. The van der Waals surface area contributed by atoms with Crippen molar-refractivity contribution in [2.45, 2.75) is 24.8 Å². The van der Waals surface area contributed by atoms with Crippen molar-refractivity contribution in [2.75, 3.05) is 5.32 Å². The van der Waals surface area contributed by atoms with Gasteiger partial charge < -0.3 is 5.32 Å². The van der Waals surface area contributed by atoms with Crippen molar-refractivity contribution in [3.8, 4) is 0 Å². The fourth-order valence-electron chi connectivity index (χ4n) is 3.05. The lowest BCUT2D eigenvalue weighted by Crippen LogP contribution is -2.27. The Kier molecular flexibility index (Phi) is 3.25. The molecule has 0 atom stereocenters. The van der Waals surface area contributed by atoms with Crippen molar-refractivity contribution in [1.29, 1.82) is 0 Å². The summed E-state index contributed by atoms with van der Waals surface area (Å²) in [4.78, 5) is 0. The van der Waals surface area contributed by atoms with Crippen LogP contribution >= 0.6 is 0 Å². The standard InChI is InChI=1S/C17H17N3O2S/c21-23(22,18-12-13-6-2-1-3-7-13)20-16-17(10-11-17)14-8-4-5-9-15(14)19-16/h1-9,18H,10-12H2,(H,19,20). The number of amidine groups is 1. The minimum absolute atomic E-state index is 0.224. The normalized spacial score (nSPS) is 19.6. The molecule has 0 unspecified atom stereocenters. The molecule has 0 aromatic heterocycles.